The largest absolute Gasteiger partial charge is 0.339 e. The summed E-state index contributed by atoms with van der Waals surface area (Å²) >= 11 is 0. The summed E-state index contributed by atoms with van der Waals surface area (Å²) in [6, 6.07) is 12.5. The normalized spacial score (nSPS) is 18.7. The number of benzene rings is 1. The van der Waals surface area contributed by atoms with Crippen LogP contribution in [-0.4, -0.2) is 53.5 Å². The van der Waals surface area contributed by atoms with Crippen molar-refractivity contribution in [1.82, 2.24) is 15.1 Å². The number of carbonyl (C=O) groups is 1. The molecule has 132 valence electrons. The summed E-state index contributed by atoms with van der Waals surface area (Å²) in [6.45, 7) is 2.27. The summed E-state index contributed by atoms with van der Waals surface area (Å²) < 4.78 is 23.3. The van der Waals surface area contributed by atoms with Gasteiger partial charge in [0, 0.05) is 18.3 Å². The lowest BCUT2D eigenvalue weighted by Gasteiger charge is -2.26. The lowest BCUT2D eigenvalue weighted by molar-refractivity contribution is 0.0701. The molecule has 2 heterocycles. The molecule has 8 heteroatoms. The van der Waals surface area contributed by atoms with Crippen LogP contribution in [0.1, 0.15) is 23.8 Å². The van der Waals surface area contributed by atoms with Gasteiger partial charge in [-0.2, -0.15) is 0 Å². The molecule has 1 saturated heterocycles. The lowest BCUT2D eigenvalue weighted by Crippen LogP contribution is -2.41. The van der Waals surface area contributed by atoms with Gasteiger partial charge in [0.25, 0.3) is 5.91 Å². The minimum atomic E-state index is -3.05. The topological polar surface area (TPSA) is 92.3 Å². The number of nitrogens with one attached hydrogen (secondary N) is 1. The van der Waals surface area contributed by atoms with Crippen molar-refractivity contribution in [2.75, 3.05) is 23.4 Å². The minimum absolute atomic E-state index is 0.0215. The van der Waals surface area contributed by atoms with Gasteiger partial charge in [0.15, 0.2) is 21.3 Å². The summed E-state index contributed by atoms with van der Waals surface area (Å²) in [5, 5.41) is 11.1. The Morgan fingerprint density at radius 3 is 2.52 bits per heavy atom. The summed E-state index contributed by atoms with van der Waals surface area (Å²) in [6.07, 6.45) is 0.475. The predicted octanol–water partition coefficient (Wildman–Crippen LogP) is 1.87. The molecule has 3 rings (SSSR count). The molecule has 1 atom stereocenters. The molecule has 0 aliphatic carbocycles. The molecule has 1 aliphatic rings. The Morgan fingerprint density at radius 1 is 1.20 bits per heavy atom. The average Bonchev–Trinajstić information content (AvgIpc) is 2.97. The zero-order valence-corrected chi connectivity index (χ0v) is 14.7. The van der Waals surface area contributed by atoms with Gasteiger partial charge in [-0.1, -0.05) is 18.2 Å². The molecule has 1 fully saturated rings. The Hall–Kier alpha value is -2.48. The van der Waals surface area contributed by atoms with E-state index in [2.05, 4.69) is 15.5 Å². The number of hydrogen-bond donors (Lipinski definition) is 1. The zero-order chi connectivity index (χ0) is 17.9. The van der Waals surface area contributed by atoms with Crippen molar-refractivity contribution < 1.29 is 13.2 Å². The summed E-state index contributed by atoms with van der Waals surface area (Å²) in [5.41, 5.74) is 1.09. The van der Waals surface area contributed by atoms with E-state index < -0.39 is 9.84 Å². The van der Waals surface area contributed by atoms with Gasteiger partial charge in [-0.05, 0) is 37.6 Å². The molecule has 7 nitrogen and oxygen atoms in total. The van der Waals surface area contributed by atoms with Crippen LogP contribution in [0, 0.1) is 0 Å². The van der Waals surface area contributed by atoms with E-state index in [-0.39, 0.29) is 29.1 Å². The maximum Gasteiger partial charge on any atom is 0.274 e. The van der Waals surface area contributed by atoms with Gasteiger partial charge in [-0.15, -0.1) is 10.2 Å². The van der Waals surface area contributed by atoms with Crippen molar-refractivity contribution in [2.24, 2.45) is 0 Å². The van der Waals surface area contributed by atoms with E-state index in [0.29, 0.717) is 18.8 Å². The van der Waals surface area contributed by atoms with Crippen molar-refractivity contribution in [3.63, 3.8) is 0 Å². The zero-order valence-electron chi connectivity index (χ0n) is 13.9. The smallest absolute Gasteiger partial charge is 0.274 e. The molecule has 0 saturated carbocycles. The number of rotatable bonds is 5. The van der Waals surface area contributed by atoms with Crippen LogP contribution in [0.4, 0.5) is 11.5 Å². The number of hydrogen-bond acceptors (Lipinski definition) is 6. The maximum atomic E-state index is 12.7. The van der Waals surface area contributed by atoms with E-state index in [1.54, 1.807) is 17.0 Å². The van der Waals surface area contributed by atoms with E-state index in [1.165, 1.54) is 0 Å². The van der Waals surface area contributed by atoms with Crippen molar-refractivity contribution in [3.8, 4) is 0 Å². The molecule has 0 bridgehead atoms. The first-order chi connectivity index (χ1) is 12.0. The first kappa shape index (κ1) is 17.3. The molecule has 0 spiro atoms. The highest BCUT2D eigenvalue weighted by molar-refractivity contribution is 7.91. The number of amides is 1. The third kappa shape index (κ3) is 4.14. The molecule has 2 aromatic rings. The Bertz CT molecular complexity index is 838. The van der Waals surface area contributed by atoms with Crippen LogP contribution < -0.4 is 5.32 Å². The number of anilines is 2. The Kier molecular flexibility index (Phi) is 4.98. The lowest BCUT2D eigenvalue weighted by atomic mass is 10.2. The Balaban J connectivity index is 1.71. The number of carbonyl (C=O) groups excluding carboxylic acids is 1. The second-order valence-corrected chi connectivity index (χ2v) is 8.17. The monoisotopic (exact) mass is 360 g/mol. The van der Waals surface area contributed by atoms with Crippen LogP contribution in [0.25, 0.3) is 0 Å². The standard InChI is InChI=1S/C17H20N4O3S/c1-2-21(14-10-11-25(23,24)12-14)17(22)15-8-9-16(20-19-15)18-13-6-4-3-5-7-13/h3-9,14H,2,10-12H2,1H3,(H,18,20). The molecule has 25 heavy (non-hydrogen) atoms. The van der Waals surface area contributed by atoms with E-state index in [0.717, 1.165) is 5.69 Å². The van der Waals surface area contributed by atoms with Gasteiger partial charge < -0.3 is 10.2 Å². The van der Waals surface area contributed by atoms with Crippen molar-refractivity contribution in [2.45, 2.75) is 19.4 Å². The van der Waals surface area contributed by atoms with Gasteiger partial charge in [0.2, 0.25) is 0 Å². The third-order valence-corrected chi connectivity index (χ3v) is 5.93. The Morgan fingerprint density at radius 2 is 1.96 bits per heavy atom. The van der Waals surface area contributed by atoms with Crippen LogP contribution in [0.15, 0.2) is 42.5 Å². The fourth-order valence-electron chi connectivity index (χ4n) is 2.92. The highest BCUT2D eigenvalue weighted by Gasteiger charge is 2.34. The van der Waals surface area contributed by atoms with Gasteiger partial charge in [0.1, 0.15) is 0 Å². The van der Waals surface area contributed by atoms with Gasteiger partial charge >= 0.3 is 0 Å². The van der Waals surface area contributed by atoms with Crippen LogP contribution in [-0.2, 0) is 9.84 Å². The maximum absolute atomic E-state index is 12.7. The van der Waals surface area contributed by atoms with Crippen LogP contribution in [0.5, 0.6) is 0 Å². The van der Waals surface area contributed by atoms with Crippen LogP contribution >= 0.6 is 0 Å². The van der Waals surface area contributed by atoms with Gasteiger partial charge in [-0.25, -0.2) is 8.42 Å². The summed E-state index contributed by atoms with van der Waals surface area (Å²) in [4.78, 5) is 14.2. The van der Waals surface area contributed by atoms with Crippen LogP contribution in [0.3, 0.4) is 0 Å². The molecular formula is C17H20N4O3S. The fraction of sp³-hybridized carbons (Fsp3) is 0.353. The molecule has 1 amide bonds. The van der Waals surface area contributed by atoms with E-state index in [1.807, 2.05) is 37.3 Å². The molecule has 1 N–H and O–H groups in total. The fourth-order valence-corrected chi connectivity index (χ4v) is 4.65. The third-order valence-electron chi connectivity index (χ3n) is 4.18. The second kappa shape index (κ2) is 7.18. The summed E-state index contributed by atoms with van der Waals surface area (Å²) in [5.74, 6) is 0.401. The molecule has 1 aliphatic heterocycles. The number of sulfone groups is 1. The molecule has 1 unspecified atom stereocenters. The quantitative estimate of drug-likeness (QED) is 0.875. The number of aromatic nitrogens is 2. The first-order valence-corrected chi connectivity index (χ1v) is 9.98. The number of nitrogens with zero attached hydrogens (tertiary/aromatic N) is 3. The Labute approximate surface area is 147 Å². The summed E-state index contributed by atoms with van der Waals surface area (Å²) in [7, 11) is -3.05. The molecular weight excluding hydrogens is 340 g/mol. The van der Waals surface area contributed by atoms with E-state index >= 15 is 0 Å². The molecule has 0 radical (unpaired) electrons. The van der Waals surface area contributed by atoms with Crippen molar-refractivity contribution >= 4 is 27.2 Å². The predicted molar refractivity (Wildman–Crippen MR) is 95.5 cm³/mol. The SMILES string of the molecule is CCN(C(=O)c1ccc(Nc2ccccc2)nn1)C1CCS(=O)(=O)C1. The second-order valence-electron chi connectivity index (χ2n) is 5.94. The van der Waals surface area contributed by atoms with Gasteiger partial charge in [0.05, 0.1) is 11.5 Å². The van der Waals surface area contributed by atoms with Gasteiger partial charge in [-0.3, -0.25) is 4.79 Å². The molecule has 1 aromatic heterocycles. The van der Waals surface area contributed by atoms with E-state index in [9.17, 15) is 13.2 Å². The van der Waals surface area contributed by atoms with Crippen molar-refractivity contribution in [3.05, 3.63) is 48.2 Å². The molecule has 1 aromatic carbocycles. The number of para-hydroxylation sites is 1. The highest BCUT2D eigenvalue weighted by Crippen LogP contribution is 2.20. The highest BCUT2D eigenvalue weighted by atomic mass is 32.2. The minimum Gasteiger partial charge on any atom is -0.339 e. The van der Waals surface area contributed by atoms with Crippen LogP contribution in [0.2, 0.25) is 0 Å². The van der Waals surface area contributed by atoms with Crippen molar-refractivity contribution in [1.29, 1.82) is 0 Å². The first-order valence-electron chi connectivity index (χ1n) is 8.16. The average molecular weight is 360 g/mol. The van der Waals surface area contributed by atoms with E-state index in [4.69, 9.17) is 0 Å².